The van der Waals surface area contributed by atoms with Gasteiger partial charge in [-0.05, 0) is 45.6 Å². The van der Waals surface area contributed by atoms with Gasteiger partial charge in [-0.3, -0.25) is 0 Å². The average Bonchev–Trinajstić information content (AvgIpc) is 2.63. The molecule has 1 aliphatic heterocycles. The molecule has 0 radical (unpaired) electrons. The van der Waals surface area contributed by atoms with E-state index in [0.29, 0.717) is 24.9 Å². The van der Waals surface area contributed by atoms with Gasteiger partial charge in [0.1, 0.15) is 0 Å². The van der Waals surface area contributed by atoms with E-state index in [9.17, 15) is 0 Å². The van der Waals surface area contributed by atoms with Crippen LogP contribution in [0.5, 0.6) is 0 Å². The Morgan fingerprint density at radius 2 is 1.17 bits per heavy atom. The van der Waals surface area contributed by atoms with Crippen molar-refractivity contribution in [2.24, 2.45) is 0 Å². The normalized spacial score (nSPS) is 15.3. The first-order valence-electron chi connectivity index (χ1n) is 7.10. The summed E-state index contributed by atoms with van der Waals surface area (Å²) in [6.07, 6.45) is 0. The van der Waals surface area contributed by atoms with Crippen molar-refractivity contribution in [1.29, 1.82) is 0 Å². The molecule has 1 aromatic carbocycles. The molecule has 0 saturated heterocycles. The van der Waals surface area contributed by atoms with Crippen LogP contribution in [-0.2, 0) is 0 Å². The van der Waals surface area contributed by atoms with E-state index in [1.165, 1.54) is 11.4 Å². The topological polar surface area (TPSA) is 6.48 Å². The van der Waals surface area contributed by atoms with Crippen LogP contribution in [-0.4, -0.2) is 19.1 Å². The molecule has 18 heavy (non-hydrogen) atoms. The fourth-order valence-corrected chi connectivity index (χ4v) is 3.13. The van der Waals surface area contributed by atoms with Gasteiger partial charge in [0.15, 0.2) is 0 Å². The van der Waals surface area contributed by atoms with Crippen molar-refractivity contribution >= 4 is 18.4 Å². The van der Waals surface area contributed by atoms with Gasteiger partial charge in [0.25, 0.3) is 0 Å². The van der Waals surface area contributed by atoms with Gasteiger partial charge in [-0.1, -0.05) is 26.0 Å². The molecular formula is C15H25BN2. The van der Waals surface area contributed by atoms with Crippen LogP contribution in [0.2, 0.25) is 5.82 Å². The molecule has 0 N–H and O–H groups in total. The third kappa shape index (κ3) is 2.00. The summed E-state index contributed by atoms with van der Waals surface area (Å²) in [5.41, 5.74) is 2.78. The highest BCUT2D eigenvalue weighted by Crippen LogP contribution is 2.43. The highest BCUT2D eigenvalue weighted by atomic mass is 15.3. The maximum absolute atomic E-state index is 2.57. The molecule has 1 aliphatic rings. The second-order valence-electron chi connectivity index (χ2n) is 6.15. The molecule has 3 heteroatoms. The molecule has 1 heterocycles. The lowest BCUT2D eigenvalue weighted by Crippen LogP contribution is -2.55. The molecule has 1 aromatic rings. The first kappa shape index (κ1) is 13.3. The zero-order valence-electron chi connectivity index (χ0n) is 12.5. The van der Waals surface area contributed by atoms with Gasteiger partial charge in [0.05, 0.1) is 0 Å². The average molecular weight is 244 g/mol. The van der Waals surface area contributed by atoms with Gasteiger partial charge < -0.3 is 9.62 Å². The summed E-state index contributed by atoms with van der Waals surface area (Å²) in [4.78, 5) is 5.14. The van der Waals surface area contributed by atoms with E-state index in [1.807, 2.05) is 0 Å². The number of nitrogens with zero attached hydrogens (tertiary/aromatic N) is 2. The lowest BCUT2D eigenvalue weighted by atomic mass is 9.60. The van der Waals surface area contributed by atoms with Gasteiger partial charge in [0.2, 0.25) is 0 Å². The summed E-state index contributed by atoms with van der Waals surface area (Å²) in [7, 11) is 0. The van der Waals surface area contributed by atoms with Crippen molar-refractivity contribution in [1.82, 2.24) is 0 Å². The van der Waals surface area contributed by atoms with Gasteiger partial charge in [0, 0.05) is 23.5 Å². The van der Waals surface area contributed by atoms with Crippen LogP contribution in [0.1, 0.15) is 41.5 Å². The minimum absolute atomic E-state index is 0.474. The number of hydrogen-bond acceptors (Lipinski definition) is 2. The highest BCUT2D eigenvalue weighted by Gasteiger charge is 2.44. The fraction of sp³-hybridized carbons (Fsp3) is 0.600. The van der Waals surface area contributed by atoms with Crippen molar-refractivity contribution in [3.05, 3.63) is 24.3 Å². The Labute approximate surface area is 112 Å². The number of para-hydroxylation sites is 2. The molecule has 0 fully saturated rings. The molecule has 0 atom stereocenters. The predicted molar refractivity (Wildman–Crippen MR) is 82.5 cm³/mol. The Kier molecular flexibility index (Phi) is 3.60. The van der Waals surface area contributed by atoms with Crippen LogP contribution >= 0.6 is 0 Å². The largest absolute Gasteiger partial charge is 0.392 e. The second kappa shape index (κ2) is 4.87. The first-order chi connectivity index (χ1) is 8.45. The van der Waals surface area contributed by atoms with E-state index in [1.54, 1.807) is 0 Å². The number of fused-ring (bicyclic) bond motifs is 1. The van der Waals surface area contributed by atoms with Crippen molar-refractivity contribution in [2.45, 2.75) is 59.4 Å². The maximum atomic E-state index is 2.57. The number of benzene rings is 1. The van der Waals surface area contributed by atoms with E-state index >= 15 is 0 Å². The van der Waals surface area contributed by atoms with Crippen LogP contribution in [0.15, 0.2) is 24.3 Å². The molecule has 0 saturated carbocycles. The molecule has 2 rings (SSSR count). The van der Waals surface area contributed by atoms with Crippen molar-refractivity contribution in [2.75, 3.05) is 9.62 Å². The van der Waals surface area contributed by atoms with Crippen LogP contribution in [0.4, 0.5) is 11.4 Å². The van der Waals surface area contributed by atoms with E-state index in [0.717, 1.165) is 0 Å². The zero-order valence-corrected chi connectivity index (χ0v) is 12.5. The second-order valence-corrected chi connectivity index (χ2v) is 6.15. The Balaban J connectivity index is 2.53. The maximum Gasteiger partial charge on any atom is 0.378 e. The van der Waals surface area contributed by atoms with Crippen LogP contribution in [0, 0.1) is 0 Å². The molecule has 98 valence electrons. The highest BCUT2D eigenvalue weighted by molar-refractivity contribution is 6.71. The fourth-order valence-electron chi connectivity index (χ4n) is 3.13. The van der Waals surface area contributed by atoms with Gasteiger partial charge >= 0.3 is 6.98 Å². The van der Waals surface area contributed by atoms with E-state index in [2.05, 4.69) is 75.4 Å². The molecule has 2 nitrogen and oxygen atoms in total. The van der Waals surface area contributed by atoms with E-state index in [-0.39, 0.29) is 0 Å². The molecule has 0 spiro atoms. The summed E-state index contributed by atoms with van der Waals surface area (Å²) < 4.78 is 0. The van der Waals surface area contributed by atoms with E-state index in [4.69, 9.17) is 0 Å². The lowest BCUT2D eigenvalue weighted by Gasteiger charge is -2.36. The van der Waals surface area contributed by atoms with Gasteiger partial charge in [-0.2, -0.15) is 0 Å². The van der Waals surface area contributed by atoms with E-state index < -0.39 is 0 Å². The summed E-state index contributed by atoms with van der Waals surface area (Å²) in [6.45, 7) is 14.3. The van der Waals surface area contributed by atoms with Gasteiger partial charge in [-0.25, -0.2) is 0 Å². The first-order valence-corrected chi connectivity index (χ1v) is 7.10. The quantitative estimate of drug-likeness (QED) is 0.741. The summed E-state index contributed by atoms with van der Waals surface area (Å²) in [5, 5.41) is 0. The van der Waals surface area contributed by atoms with Crippen molar-refractivity contribution in [3.8, 4) is 0 Å². The number of rotatable bonds is 3. The van der Waals surface area contributed by atoms with Crippen molar-refractivity contribution in [3.63, 3.8) is 0 Å². The third-order valence-electron chi connectivity index (χ3n) is 3.72. The standard InChI is InChI=1S/C15H25BN2/c1-11(2)16-17(12(3)4)14-9-7-8-10-15(14)18(16)13(5)6/h7-13H,1-6H3. The van der Waals surface area contributed by atoms with Crippen LogP contribution in [0.3, 0.4) is 0 Å². The van der Waals surface area contributed by atoms with Crippen LogP contribution in [0.25, 0.3) is 0 Å². The minimum Gasteiger partial charge on any atom is -0.392 e. The SMILES string of the molecule is CC(C)B1N(C(C)C)c2ccccc2N1C(C)C. The number of hydrogen-bond donors (Lipinski definition) is 0. The Morgan fingerprint density at radius 1 is 0.778 bits per heavy atom. The summed E-state index contributed by atoms with van der Waals surface area (Å²) in [5.74, 6) is 0.613. The Hall–Kier alpha value is -1.12. The van der Waals surface area contributed by atoms with Crippen LogP contribution < -0.4 is 9.62 Å². The molecule has 0 aromatic heterocycles. The molecule has 0 amide bonds. The summed E-state index contributed by atoms with van der Waals surface area (Å²) in [6, 6.07) is 9.87. The molecular weight excluding hydrogens is 219 g/mol. The Morgan fingerprint density at radius 3 is 1.44 bits per heavy atom. The minimum atomic E-state index is 0.474. The Bertz CT molecular complexity index is 380. The molecule has 0 bridgehead atoms. The lowest BCUT2D eigenvalue weighted by molar-refractivity contribution is 0.773. The third-order valence-corrected chi connectivity index (χ3v) is 3.72. The van der Waals surface area contributed by atoms with Gasteiger partial charge in [-0.15, -0.1) is 0 Å². The monoisotopic (exact) mass is 244 g/mol. The van der Waals surface area contributed by atoms with Crippen molar-refractivity contribution < 1.29 is 0 Å². The zero-order chi connectivity index (χ0) is 13.4. The molecule has 0 aliphatic carbocycles. The summed E-state index contributed by atoms with van der Waals surface area (Å²) >= 11 is 0. The number of anilines is 2. The smallest absolute Gasteiger partial charge is 0.378 e. The molecule has 0 unspecified atom stereocenters. The predicted octanol–water partition coefficient (Wildman–Crippen LogP) is 4.03.